The van der Waals surface area contributed by atoms with Crippen LogP contribution >= 0.6 is 0 Å². The minimum absolute atomic E-state index is 0.0602. The van der Waals surface area contributed by atoms with Crippen molar-refractivity contribution in [1.29, 1.82) is 10.5 Å². The van der Waals surface area contributed by atoms with Crippen molar-refractivity contribution in [3.05, 3.63) is 41.5 Å². The number of aliphatic hydroxyl groups is 1. The highest BCUT2D eigenvalue weighted by molar-refractivity contribution is 5.54. The van der Waals surface area contributed by atoms with Gasteiger partial charge in [0.1, 0.15) is 5.60 Å². The van der Waals surface area contributed by atoms with Gasteiger partial charge in [0.2, 0.25) is 0 Å². The molecular weight excluding hydrogens is 272 g/mol. The zero-order chi connectivity index (χ0) is 16.2. The summed E-state index contributed by atoms with van der Waals surface area (Å²) in [6, 6.07) is 11.7. The Bertz CT molecular complexity index is 642. The normalized spacial score (nSPS) is 18.6. The molecule has 2 rings (SSSR count). The van der Waals surface area contributed by atoms with E-state index in [4.69, 9.17) is 5.26 Å². The summed E-state index contributed by atoms with van der Waals surface area (Å²) in [6.45, 7) is 4.10. The number of nitrogens with zero attached hydrogens (tertiary/aromatic N) is 2. The second-order valence-corrected chi connectivity index (χ2v) is 6.10. The molecule has 3 nitrogen and oxygen atoms in total. The molecule has 1 aromatic carbocycles. The Morgan fingerprint density at radius 3 is 2.50 bits per heavy atom. The van der Waals surface area contributed by atoms with Crippen molar-refractivity contribution < 1.29 is 5.11 Å². The molecular formula is C19H22N2O. The third-order valence-electron chi connectivity index (χ3n) is 4.88. The van der Waals surface area contributed by atoms with Crippen molar-refractivity contribution in [3.8, 4) is 12.1 Å². The van der Waals surface area contributed by atoms with E-state index in [2.05, 4.69) is 26.0 Å². The average Bonchev–Trinajstić information content (AvgIpc) is 3.36. The van der Waals surface area contributed by atoms with Gasteiger partial charge in [0.05, 0.1) is 23.1 Å². The van der Waals surface area contributed by atoms with Gasteiger partial charge in [0.25, 0.3) is 0 Å². The topological polar surface area (TPSA) is 67.8 Å². The summed E-state index contributed by atoms with van der Waals surface area (Å²) in [5.41, 5.74) is -0.284. The van der Waals surface area contributed by atoms with Gasteiger partial charge in [-0.2, -0.15) is 10.5 Å². The summed E-state index contributed by atoms with van der Waals surface area (Å²) in [7, 11) is 0. The van der Waals surface area contributed by atoms with E-state index in [1.165, 1.54) is 0 Å². The lowest BCUT2D eigenvalue weighted by Crippen LogP contribution is -2.44. The SMILES string of the molecule is CCC(CC)[C@](O)(/C=C/c1cccc(C#N)c1)C1(C#N)CC1. The molecule has 1 aromatic rings. The van der Waals surface area contributed by atoms with Crippen LogP contribution in [0.3, 0.4) is 0 Å². The van der Waals surface area contributed by atoms with Crippen LogP contribution in [0.15, 0.2) is 30.3 Å². The predicted molar refractivity (Wildman–Crippen MR) is 86.5 cm³/mol. The van der Waals surface area contributed by atoms with Crippen LogP contribution in [0.25, 0.3) is 6.08 Å². The first-order valence-corrected chi connectivity index (χ1v) is 7.88. The highest BCUT2D eigenvalue weighted by Gasteiger charge is 2.60. The molecule has 0 heterocycles. The standard InChI is InChI=1S/C19H22N2O/c1-3-17(4-2)19(22,18(14-21)10-11-18)9-8-15-6-5-7-16(12-15)13-20/h5-9,12,17,22H,3-4,10-11H2,1-2H3/b9-8+/t19-/m1/s1. The van der Waals surface area contributed by atoms with Gasteiger partial charge in [-0.15, -0.1) is 0 Å². The molecule has 1 fully saturated rings. The van der Waals surface area contributed by atoms with Crippen molar-refractivity contribution in [2.24, 2.45) is 11.3 Å². The molecule has 22 heavy (non-hydrogen) atoms. The Hall–Kier alpha value is -2.10. The Labute approximate surface area is 132 Å². The number of hydrogen-bond acceptors (Lipinski definition) is 3. The number of benzene rings is 1. The quantitative estimate of drug-likeness (QED) is 0.860. The van der Waals surface area contributed by atoms with Crippen LogP contribution in [0.2, 0.25) is 0 Å². The molecule has 0 spiro atoms. The molecule has 0 aliphatic heterocycles. The molecule has 0 bridgehead atoms. The average molecular weight is 294 g/mol. The maximum absolute atomic E-state index is 11.3. The maximum Gasteiger partial charge on any atom is 0.104 e. The lowest BCUT2D eigenvalue weighted by atomic mass is 9.72. The minimum Gasteiger partial charge on any atom is -0.384 e. The zero-order valence-electron chi connectivity index (χ0n) is 13.2. The fourth-order valence-electron chi connectivity index (χ4n) is 3.26. The van der Waals surface area contributed by atoms with Gasteiger partial charge in [-0.1, -0.05) is 51.0 Å². The molecule has 0 saturated heterocycles. The molecule has 0 radical (unpaired) electrons. The van der Waals surface area contributed by atoms with E-state index in [9.17, 15) is 10.4 Å². The number of rotatable bonds is 6. The van der Waals surface area contributed by atoms with E-state index >= 15 is 0 Å². The second kappa shape index (κ2) is 6.34. The minimum atomic E-state index is -1.10. The number of hydrogen-bond donors (Lipinski definition) is 1. The van der Waals surface area contributed by atoms with Gasteiger partial charge in [0.15, 0.2) is 0 Å². The van der Waals surface area contributed by atoms with Crippen molar-refractivity contribution in [1.82, 2.24) is 0 Å². The first kappa shape index (κ1) is 16.3. The van der Waals surface area contributed by atoms with Crippen LogP contribution in [0.1, 0.15) is 50.7 Å². The lowest BCUT2D eigenvalue weighted by molar-refractivity contribution is -0.0209. The largest absolute Gasteiger partial charge is 0.384 e. The third-order valence-corrected chi connectivity index (χ3v) is 4.88. The summed E-state index contributed by atoms with van der Waals surface area (Å²) in [6.07, 6.45) is 6.80. The summed E-state index contributed by atoms with van der Waals surface area (Å²) in [5, 5.41) is 29.8. The summed E-state index contributed by atoms with van der Waals surface area (Å²) in [4.78, 5) is 0. The third kappa shape index (κ3) is 2.78. The molecule has 1 aliphatic carbocycles. The highest BCUT2D eigenvalue weighted by atomic mass is 16.3. The molecule has 1 atom stereocenters. The summed E-state index contributed by atoms with van der Waals surface area (Å²) >= 11 is 0. The van der Waals surface area contributed by atoms with E-state index in [-0.39, 0.29) is 5.92 Å². The molecule has 114 valence electrons. The molecule has 0 amide bonds. The molecule has 0 unspecified atom stereocenters. The lowest BCUT2D eigenvalue weighted by Gasteiger charge is -2.37. The van der Waals surface area contributed by atoms with Crippen molar-refractivity contribution >= 4 is 6.08 Å². The Morgan fingerprint density at radius 2 is 2.00 bits per heavy atom. The smallest absolute Gasteiger partial charge is 0.104 e. The van der Waals surface area contributed by atoms with E-state index in [1.807, 2.05) is 18.2 Å². The van der Waals surface area contributed by atoms with Crippen LogP contribution < -0.4 is 0 Å². The van der Waals surface area contributed by atoms with Gasteiger partial charge in [-0.05, 0) is 36.5 Å². The summed E-state index contributed by atoms with van der Waals surface area (Å²) < 4.78 is 0. The van der Waals surface area contributed by atoms with Gasteiger partial charge >= 0.3 is 0 Å². The van der Waals surface area contributed by atoms with Crippen molar-refractivity contribution in [2.45, 2.75) is 45.1 Å². The molecule has 1 saturated carbocycles. The van der Waals surface area contributed by atoms with E-state index in [0.29, 0.717) is 5.56 Å². The highest BCUT2D eigenvalue weighted by Crippen LogP contribution is 2.58. The summed E-state index contributed by atoms with van der Waals surface area (Å²) in [5.74, 6) is 0.0602. The second-order valence-electron chi connectivity index (χ2n) is 6.10. The zero-order valence-corrected chi connectivity index (χ0v) is 13.2. The van der Waals surface area contributed by atoms with E-state index in [1.54, 1.807) is 18.2 Å². The van der Waals surface area contributed by atoms with E-state index in [0.717, 1.165) is 31.2 Å². The first-order chi connectivity index (χ1) is 10.5. The number of nitriles is 2. The van der Waals surface area contributed by atoms with Crippen LogP contribution in [0.4, 0.5) is 0 Å². The Balaban J connectivity index is 2.37. The van der Waals surface area contributed by atoms with Crippen molar-refractivity contribution in [3.63, 3.8) is 0 Å². The maximum atomic E-state index is 11.3. The van der Waals surface area contributed by atoms with Gasteiger partial charge in [-0.3, -0.25) is 0 Å². The van der Waals surface area contributed by atoms with Gasteiger partial charge in [0, 0.05) is 0 Å². The van der Waals surface area contributed by atoms with Crippen LogP contribution in [0, 0.1) is 34.0 Å². The predicted octanol–water partition coefficient (Wildman–Crippen LogP) is 4.04. The first-order valence-electron chi connectivity index (χ1n) is 7.88. The molecule has 1 aliphatic rings. The Morgan fingerprint density at radius 1 is 1.32 bits per heavy atom. The monoisotopic (exact) mass is 294 g/mol. The van der Waals surface area contributed by atoms with Crippen LogP contribution in [-0.2, 0) is 0 Å². The van der Waals surface area contributed by atoms with Crippen molar-refractivity contribution in [2.75, 3.05) is 0 Å². The van der Waals surface area contributed by atoms with Gasteiger partial charge < -0.3 is 5.11 Å². The van der Waals surface area contributed by atoms with Crippen LogP contribution in [-0.4, -0.2) is 10.7 Å². The molecule has 3 heteroatoms. The fraction of sp³-hybridized carbons (Fsp3) is 0.474. The fourth-order valence-corrected chi connectivity index (χ4v) is 3.26. The van der Waals surface area contributed by atoms with E-state index < -0.39 is 11.0 Å². The Kier molecular flexibility index (Phi) is 4.69. The molecule has 0 aromatic heterocycles. The van der Waals surface area contributed by atoms with Gasteiger partial charge in [-0.25, -0.2) is 0 Å². The molecule has 1 N–H and O–H groups in total. The van der Waals surface area contributed by atoms with Crippen LogP contribution in [0.5, 0.6) is 0 Å².